The molecule has 2 N–H and O–H groups in total. The third-order valence-electron chi connectivity index (χ3n) is 4.22. The number of pyridine rings is 1. The van der Waals surface area contributed by atoms with Crippen molar-refractivity contribution in [2.75, 3.05) is 32.8 Å². The number of morpholine rings is 1. The Labute approximate surface area is 144 Å². The summed E-state index contributed by atoms with van der Waals surface area (Å²) in [6, 6.07) is 9.05. The Kier molecular flexibility index (Phi) is 5.57. The second kappa shape index (κ2) is 8.04. The first-order valence-electron chi connectivity index (χ1n) is 8.18. The van der Waals surface area contributed by atoms with E-state index in [4.69, 9.17) is 4.74 Å². The number of aromatic nitrogens is 1. The van der Waals surface area contributed by atoms with Crippen LogP contribution < -0.4 is 10.9 Å². The van der Waals surface area contributed by atoms with Crippen LogP contribution in [0.4, 0.5) is 4.39 Å². The van der Waals surface area contributed by atoms with Gasteiger partial charge in [-0.05, 0) is 23.8 Å². The summed E-state index contributed by atoms with van der Waals surface area (Å²) in [4.78, 5) is 28.0. The fourth-order valence-corrected chi connectivity index (χ4v) is 2.90. The zero-order valence-corrected chi connectivity index (χ0v) is 13.7. The normalized spacial score (nSPS) is 16.4. The van der Waals surface area contributed by atoms with Gasteiger partial charge in [-0.15, -0.1) is 0 Å². The van der Waals surface area contributed by atoms with E-state index in [2.05, 4.69) is 15.2 Å². The van der Waals surface area contributed by atoms with Crippen LogP contribution in [0.15, 0.2) is 47.4 Å². The molecular formula is C18H20FN3O3. The highest BCUT2D eigenvalue weighted by Gasteiger charge is 2.23. The molecule has 2 heterocycles. The highest BCUT2D eigenvalue weighted by atomic mass is 19.1. The Morgan fingerprint density at radius 2 is 2.08 bits per heavy atom. The number of carbonyl (C=O) groups is 1. The number of H-pyrrole nitrogens is 1. The van der Waals surface area contributed by atoms with Gasteiger partial charge in [0.2, 0.25) is 5.56 Å². The zero-order chi connectivity index (χ0) is 17.6. The van der Waals surface area contributed by atoms with Crippen LogP contribution in [0.25, 0.3) is 0 Å². The molecule has 1 atom stereocenters. The summed E-state index contributed by atoms with van der Waals surface area (Å²) in [5.74, 6) is -0.589. The molecule has 3 rings (SSSR count). The van der Waals surface area contributed by atoms with Gasteiger partial charge in [-0.25, -0.2) is 4.39 Å². The number of ether oxygens (including phenoxy) is 1. The number of aromatic amines is 1. The average Bonchev–Trinajstić information content (AvgIpc) is 2.63. The molecule has 0 aliphatic carbocycles. The van der Waals surface area contributed by atoms with Gasteiger partial charge in [0, 0.05) is 31.9 Å². The molecule has 0 spiro atoms. The van der Waals surface area contributed by atoms with Crippen LogP contribution in [0.3, 0.4) is 0 Å². The van der Waals surface area contributed by atoms with E-state index in [1.54, 1.807) is 6.07 Å². The van der Waals surface area contributed by atoms with E-state index >= 15 is 0 Å². The first-order chi connectivity index (χ1) is 12.1. The molecule has 25 heavy (non-hydrogen) atoms. The van der Waals surface area contributed by atoms with Gasteiger partial charge < -0.3 is 15.0 Å². The first-order valence-corrected chi connectivity index (χ1v) is 8.18. The summed E-state index contributed by atoms with van der Waals surface area (Å²) in [5, 5.41) is 2.87. The summed E-state index contributed by atoms with van der Waals surface area (Å²) in [6.07, 6.45) is 1.38. The third kappa shape index (κ3) is 4.52. The van der Waals surface area contributed by atoms with E-state index in [1.807, 2.05) is 6.07 Å². The molecule has 0 unspecified atom stereocenters. The second-order valence-electron chi connectivity index (χ2n) is 5.87. The molecule has 1 fully saturated rings. The summed E-state index contributed by atoms with van der Waals surface area (Å²) in [7, 11) is 0. The van der Waals surface area contributed by atoms with Gasteiger partial charge in [0.15, 0.2) is 0 Å². The maximum atomic E-state index is 13.6. The van der Waals surface area contributed by atoms with E-state index in [-0.39, 0.29) is 23.3 Å². The molecule has 7 heteroatoms. The van der Waals surface area contributed by atoms with Gasteiger partial charge in [0.25, 0.3) is 5.91 Å². The van der Waals surface area contributed by atoms with Crippen molar-refractivity contribution in [2.45, 2.75) is 6.04 Å². The van der Waals surface area contributed by atoms with Crippen LogP contribution >= 0.6 is 0 Å². The molecule has 2 aromatic rings. The highest BCUT2D eigenvalue weighted by molar-refractivity contribution is 5.93. The van der Waals surface area contributed by atoms with E-state index < -0.39 is 0 Å². The lowest BCUT2D eigenvalue weighted by atomic mass is 10.0. The number of hydrogen-bond donors (Lipinski definition) is 2. The van der Waals surface area contributed by atoms with Gasteiger partial charge in [-0.3, -0.25) is 14.5 Å². The topological polar surface area (TPSA) is 74.4 Å². The number of nitrogens with one attached hydrogen (secondary N) is 2. The number of rotatable bonds is 5. The van der Waals surface area contributed by atoms with Crippen LogP contribution in [0.2, 0.25) is 0 Å². The molecule has 1 aliphatic heterocycles. The Bertz CT molecular complexity index is 767. The third-order valence-corrected chi connectivity index (χ3v) is 4.22. The molecule has 1 aliphatic rings. The predicted octanol–water partition coefficient (Wildman–Crippen LogP) is 1.32. The number of nitrogens with zero attached hydrogens (tertiary/aromatic N) is 1. The monoisotopic (exact) mass is 345 g/mol. The molecule has 132 valence electrons. The predicted molar refractivity (Wildman–Crippen MR) is 90.9 cm³/mol. The van der Waals surface area contributed by atoms with Crippen molar-refractivity contribution >= 4 is 5.91 Å². The fraction of sp³-hybridized carbons (Fsp3) is 0.333. The van der Waals surface area contributed by atoms with Crippen molar-refractivity contribution in [2.24, 2.45) is 0 Å². The smallest absolute Gasteiger partial charge is 0.252 e. The Hall–Kier alpha value is -2.51. The molecule has 0 radical (unpaired) electrons. The Morgan fingerprint density at radius 1 is 1.28 bits per heavy atom. The van der Waals surface area contributed by atoms with E-state index in [0.29, 0.717) is 25.3 Å². The number of carbonyl (C=O) groups excluding carboxylic acids is 1. The van der Waals surface area contributed by atoms with Gasteiger partial charge >= 0.3 is 0 Å². The minimum absolute atomic E-state index is 0.147. The van der Waals surface area contributed by atoms with Crippen molar-refractivity contribution in [1.82, 2.24) is 15.2 Å². The summed E-state index contributed by atoms with van der Waals surface area (Å²) in [5.41, 5.74) is 0.922. The summed E-state index contributed by atoms with van der Waals surface area (Å²) >= 11 is 0. The minimum atomic E-state index is -0.303. The second-order valence-corrected chi connectivity index (χ2v) is 5.87. The maximum absolute atomic E-state index is 13.6. The molecule has 6 nitrogen and oxygen atoms in total. The van der Waals surface area contributed by atoms with Crippen LogP contribution in [0.5, 0.6) is 0 Å². The number of benzene rings is 1. The van der Waals surface area contributed by atoms with Crippen molar-refractivity contribution in [3.8, 4) is 0 Å². The molecule has 0 bridgehead atoms. The van der Waals surface area contributed by atoms with Gasteiger partial charge in [0.1, 0.15) is 5.82 Å². The minimum Gasteiger partial charge on any atom is -0.379 e. The fourth-order valence-electron chi connectivity index (χ4n) is 2.90. The molecule has 1 aromatic carbocycles. The van der Waals surface area contributed by atoms with Gasteiger partial charge in [-0.2, -0.15) is 0 Å². The molecular weight excluding hydrogens is 325 g/mol. The molecule has 0 saturated carbocycles. The zero-order valence-electron chi connectivity index (χ0n) is 13.7. The summed E-state index contributed by atoms with van der Waals surface area (Å²) < 4.78 is 19.0. The molecule has 1 saturated heterocycles. The van der Waals surface area contributed by atoms with Gasteiger partial charge in [0.05, 0.1) is 24.8 Å². The summed E-state index contributed by atoms with van der Waals surface area (Å²) in [6.45, 7) is 2.99. The van der Waals surface area contributed by atoms with Crippen molar-refractivity contribution in [3.63, 3.8) is 0 Å². The average molecular weight is 345 g/mol. The van der Waals surface area contributed by atoms with Crippen LogP contribution in [0, 0.1) is 5.82 Å². The quantitative estimate of drug-likeness (QED) is 0.857. The lowest BCUT2D eigenvalue weighted by molar-refractivity contribution is 0.0162. The van der Waals surface area contributed by atoms with Crippen LogP contribution in [-0.4, -0.2) is 48.6 Å². The van der Waals surface area contributed by atoms with E-state index in [1.165, 1.54) is 30.5 Å². The Balaban J connectivity index is 1.74. The largest absolute Gasteiger partial charge is 0.379 e. The van der Waals surface area contributed by atoms with Crippen LogP contribution in [0.1, 0.15) is 22.0 Å². The van der Waals surface area contributed by atoms with E-state index in [9.17, 15) is 14.0 Å². The molecule has 1 amide bonds. The Morgan fingerprint density at radius 3 is 2.76 bits per heavy atom. The first kappa shape index (κ1) is 17.3. The SMILES string of the molecule is O=C(NC[C@@H](c1cccc(F)c1)N1CCOCC1)c1ccc(=O)[nH]c1. The highest BCUT2D eigenvalue weighted by Crippen LogP contribution is 2.22. The molecule has 1 aromatic heterocycles. The van der Waals surface area contributed by atoms with Gasteiger partial charge in [-0.1, -0.05) is 12.1 Å². The maximum Gasteiger partial charge on any atom is 0.252 e. The van der Waals surface area contributed by atoms with Crippen molar-refractivity contribution in [3.05, 3.63) is 69.9 Å². The van der Waals surface area contributed by atoms with E-state index in [0.717, 1.165) is 18.7 Å². The van der Waals surface area contributed by atoms with Crippen molar-refractivity contribution < 1.29 is 13.9 Å². The number of amides is 1. The number of hydrogen-bond acceptors (Lipinski definition) is 4. The van der Waals surface area contributed by atoms with Crippen molar-refractivity contribution in [1.29, 1.82) is 0 Å². The lowest BCUT2D eigenvalue weighted by Crippen LogP contribution is -2.43. The van der Waals surface area contributed by atoms with Crippen LogP contribution in [-0.2, 0) is 4.74 Å². The lowest BCUT2D eigenvalue weighted by Gasteiger charge is -2.35. The number of halogens is 1. The standard InChI is InChI=1S/C18H20FN3O3/c19-15-3-1-2-13(10-15)16(22-6-8-25-9-7-22)12-21-18(24)14-4-5-17(23)20-11-14/h1-5,10-11,16H,6-9,12H2,(H,20,23)(H,21,24)/t16-/m0/s1.